The van der Waals surface area contributed by atoms with Crippen molar-refractivity contribution in [2.75, 3.05) is 20.7 Å². The third-order valence-corrected chi connectivity index (χ3v) is 14.8. The lowest BCUT2D eigenvalue weighted by Crippen LogP contribution is -2.48. The summed E-state index contributed by atoms with van der Waals surface area (Å²) < 4.78 is 6.51. The average molecular weight is 502 g/mol. The Bertz CT molecular complexity index is 1170. The minimum Gasteiger partial charge on any atom is -0.376 e. The number of benzene rings is 2. The molecule has 1 heterocycles. The summed E-state index contributed by atoms with van der Waals surface area (Å²) in [7, 11) is 2.82. The largest absolute Gasteiger partial charge is 0.376 e. The topological polar surface area (TPSA) is 52.1 Å². The third-order valence-electron chi connectivity index (χ3n) is 9.30. The van der Waals surface area contributed by atoms with E-state index < -0.39 is 8.07 Å². The minimum atomic E-state index is -1.63. The fourth-order valence-corrected chi connectivity index (χ4v) is 10.4. The monoisotopic (exact) mass is 501 g/mol. The zero-order chi connectivity index (χ0) is 25.8. The number of hydrogen-bond donors (Lipinski definition) is 1. The van der Waals surface area contributed by atoms with Crippen molar-refractivity contribution >= 4 is 24.3 Å². The van der Waals surface area contributed by atoms with Crippen LogP contribution in [0.3, 0.4) is 0 Å². The Balaban J connectivity index is 1.50. The molecular weight excluding hydrogens is 458 g/mol. The molecule has 4 nitrogen and oxygen atoms in total. The van der Waals surface area contributed by atoms with Gasteiger partial charge in [0.05, 0.1) is 18.2 Å². The lowest BCUT2D eigenvalue weighted by Gasteiger charge is -2.45. The summed E-state index contributed by atoms with van der Waals surface area (Å²) >= 11 is 0. The quantitative estimate of drug-likeness (QED) is 0.307. The van der Waals surface area contributed by atoms with Gasteiger partial charge in [-0.1, -0.05) is 69.2 Å². The Morgan fingerprint density at radius 2 is 1.69 bits per heavy atom. The van der Waals surface area contributed by atoms with E-state index in [4.69, 9.17) is 4.74 Å². The van der Waals surface area contributed by atoms with Gasteiger partial charge in [-0.25, -0.2) is 0 Å². The van der Waals surface area contributed by atoms with Gasteiger partial charge in [-0.2, -0.15) is 5.26 Å². The number of hydrogen-bond acceptors (Lipinski definition) is 3. The SMILES string of the molecule is CC[Si](CC)(CC)c1[nH]c2ccc(C#N)cc2c1COCC1CCC(c2ccccc2)(N(C)C)CC1. The maximum absolute atomic E-state index is 9.52. The van der Waals surface area contributed by atoms with Gasteiger partial charge in [-0.3, -0.25) is 4.90 Å². The average Bonchev–Trinajstić information content (AvgIpc) is 3.29. The Morgan fingerprint density at radius 3 is 2.28 bits per heavy atom. The van der Waals surface area contributed by atoms with E-state index in [1.165, 1.54) is 65.6 Å². The Labute approximate surface area is 218 Å². The van der Waals surface area contributed by atoms with Gasteiger partial charge in [0.2, 0.25) is 0 Å². The second kappa shape index (κ2) is 11.3. The van der Waals surface area contributed by atoms with Gasteiger partial charge >= 0.3 is 0 Å². The summed E-state index contributed by atoms with van der Waals surface area (Å²) in [6.45, 7) is 8.49. The van der Waals surface area contributed by atoms with Gasteiger partial charge in [-0.05, 0) is 69.5 Å². The van der Waals surface area contributed by atoms with E-state index in [0.29, 0.717) is 12.5 Å². The lowest BCUT2D eigenvalue weighted by molar-refractivity contribution is 0.0292. The van der Waals surface area contributed by atoms with Gasteiger partial charge in [-0.15, -0.1) is 0 Å². The highest BCUT2D eigenvalue weighted by molar-refractivity contribution is 6.91. The molecule has 0 radical (unpaired) electrons. The molecule has 1 fully saturated rings. The summed E-state index contributed by atoms with van der Waals surface area (Å²) in [6.07, 6.45) is 4.70. The zero-order valence-electron chi connectivity index (χ0n) is 22.9. The molecule has 0 spiro atoms. The van der Waals surface area contributed by atoms with Crippen molar-refractivity contribution in [2.45, 2.75) is 76.7 Å². The lowest BCUT2D eigenvalue weighted by atomic mass is 9.72. The smallest absolute Gasteiger partial charge is 0.107 e. The first-order valence-corrected chi connectivity index (χ1v) is 16.4. The molecule has 0 saturated heterocycles. The van der Waals surface area contributed by atoms with Crippen LogP contribution < -0.4 is 5.32 Å². The van der Waals surface area contributed by atoms with Gasteiger partial charge < -0.3 is 9.72 Å². The number of rotatable bonds is 10. The van der Waals surface area contributed by atoms with Crippen LogP contribution >= 0.6 is 0 Å². The van der Waals surface area contributed by atoms with Crippen molar-refractivity contribution in [1.29, 1.82) is 5.26 Å². The van der Waals surface area contributed by atoms with E-state index >= 15 is 0 Å². The minimum absolute atomic E-state index is 0.129. The summed E-state index contributed by atoms with van der Waals surface area (Å²) in [4.78, 5) is 6.23. The highest BCUT2D eigenvalue weighted by atomic mass is 28.3. The van der Waals surface area contributed by atoms with Crippen LogP contribution in [-0.4, -0.2) is 38.7 Å². The van der Waals surface area contributed by atoms with Crippen LogP contribution in [0.4, 0.5) is 0 Å². The van der Waals surface area contributed by atoms with E-state index in [0.717, 1.165) is 17.7 Å². The first-order valence-electron chi connectivity index (χ1n) is 13.8. The highest BCUT2D eigenvalue weighted by Crippen LogP contribution is 2.43. The summed E-state index contributed by atoms with van der Waals surface area (Å²) in [5.74, 6) is 0.593. The number of aromatic nitrogens is 1. The molecule has 1 aromatic heterocycles. The number of H-pyrrole nitrogens is 1. The number of ether oxygens (including phenoxy) is 1. The Hall–Kier alpha value is -2.39. The second-order valence-electron chi connectivity index (χ2n) is 10.9. The molecule has 192 valence electrons. The molecule has 36 heavy (non-hydrogen) atoms. The van der Waals surface area contributed by atoms with Crippen LogP contribution in [0, 0.1) is 17.2 Å². The summed E-state index contributed by atoms with van der Waals surface area (Å²) in [5, 5.41) is 12.1. The standard InChI is InChI=1S/C31H43N3OSi/c1-6-36(7-2,8-3)30-28(27-20-25(21-32)14-15-29(27)33-30)23-35-22-24-16-18-31(19-17-24,34(4)5)26-12-10-9-11-13-26/h9-15,20,24,33H,6-8,16-19,22-23H2,1-5H3. The van der Waals surface area contributed by atoms with Gasteiger partial charge in [0.15, 0.2) is 0 Å². The van der Waals surface area contributed by atoms with E-state index in [-0.39, 0.29) is 5.54 Å². The Kier molecular flexibility index (Phi) is 8.40. The molecule has 0 amide bonds. The van der Waals surface area contributed by atoms with E-state index in [1.54, 1.807) is 0 Å². The normalized spacial score (nSPS) is 20.6. The number of nitriles is 1. The van der Waals surface area contributed by atoms with Gasteiger partial charge in [0.1, 0.15) is 8.07 Å². The van der Waals surface area contributed by atoms with Crippen LogP contribution in [0.5, 0.6) is 0 Å². The molecule has 1 N–H and O–H groups in total. The molecule has 0 atom stereocenters. The molecular formula is C31H43N3OSi. The first kappa shape index (κ1) is 26.7. The molecule has 4 rings (SSSR count). The summed E-state index contributed by atoms with van der Waals surface area (Å²) in [6, 6.07) is 23.1. The van der Waals surface area contributed by atoms with Gasteiger partial charge in [0, 0.05) is 33.9 Å². The molecule has 2 aromatic carbocycles. The van der Waals surface area contributed by atoms with E-state index in [2.05, 4.69) is 93.3 Å². The van der Waals surface area contributed by atoms with Crippen molar-refractivity contribution in [3.8, 4) is 6.07 Å². The van der Waals surface area contributed by atoms with Crippen molar-refractivity contribution in [3.05, 3.63) is 65.2 Å². The number of fused-ring (bicyclic) bond motifs is 1. The number of nitrogens with zero attached hydrogens (tertiary/aromatic N) is 2. The van der Waals surface area contributed by atoms with Crippen LogP contribution in [0.2, 0.25) is 18.1 Å². The number of aromatic amines is 1. The molecule has 0 bridgehead atoms. The van der Waals surface area contributed by atoms with Crippen molar-refractivity contribution in [1.82, 2.24) is 9.88 Å². The van der Waals surface area contributed by atoms with Gasteiger partial charge in [0.25, 0.3) is 0 Å². The first-order chi connectivity index (χ1) is 17.4. The van der Waals surface area contributed by atoms with Crippen LogP contribution in [0.15, 0.2) is 48.5 Å². The van der Waals surface area contributed by atoms with Crippen molar-refractivity contribution in [3.63, 3.8) is 0 Å². The van der Waals surface area contributed by atoms with E-state index in [9.17, 15) is 5.26 Å². The van der Waals surface area contributed by atoms with Crippen molar-refractivity contribution < 1.29 is 4.74 Å². The molecule has 1 saturated carbocycles. The fourth-order valence-electron chi connectivity index (χ4n) is 6.59. The zero-order valence-corrected chi connectivity index (χ0v) is 23.9. The fraction of sp³-hybridized carbons (Fsp3) is 0.516. The third kappa shape index (κ3) is 4.92. The molecule has 1 aliphatic rings. The predicted octanol–water partition coefficient (Wildman–Crippen LogP) is 6.92. The molecule has 3 aromatic rings. The van der Waals surface area contributed by atoms with Crippen molar-refractivity contribution in [2.24, 2.45) is 5.92 Å². The van der Waals surface area contributed by atoms with Crippen LogP contribution in [0.25, 0.3) is 10.9 Å². The van der Waals surface area contributed by atoms with Crippen LogP contribution in [0.1, 0.15) is 63.1 Å². The summed E-state index contributed by atoms with van der Waals surface area (Å²) in [5.41, 5.74) is 4.74. The Morgan fingerprint density at radius 1 is 1.03 bits per heavy atom. The van der Waals surface area contributed by atoms with Crippen LogP contribution in [-0.2, 0) is 16.9 Å². The predicted molar refractivity (Wildman–Crippen MR) is 153 cm³/mol. The molecule has 0 unspecified atom stereocenters. The highest BCUT2D eigenvalue weighted by Gasteiger charge is 2.39. The second-order valence-corrected chi connectivity index (χ2v) is 16.1. The molecule has 0 aliphatic heterocycles. The molecule has 5 heteroatoms. The number of nitrogens with one attached hydrogen (secondary N) is 1. The molecule has 1 aliphatic carbocycles. The maximum atomic E-state index is 9.52. The van der Waals surface area contributed by atoms with E-state index in [1.807, 2.05) is 6.07 Å². The maximum Gasteiger partial charge on any atom is 0.107 e.